The molecule has 0 amide bonds. The first-order valence-corrected chi connectivity index (χ1v) is 5.58. The second-order valence-electron chi connectivity index (χ2n) is 3.14. The van der Waals surface area contributed by atoms with Crippen LogP contribution in [0.2, 0.25) is 5.02 Å². The van der Waals surface area contributed by atoms with Gasteiger partial charge in [-0.1, -0.05) is 45.7 Å². The highest BCUT2D eigenvalue weighted by atomic mass is 79.9. The normalized spacial score (nSPS) is 10.5. The van der Waals surface area contributed by atoms with Gasteiger partial charge in [-0.3, -0.25) is 0 Å². The Morgan fingerprint density at radius 1 is 1.19 bits per heavy atom. The molecule has 0 heterocycles. The molecule has 0 aliphatic rings. The molecule has 1 radical (unpaired) electrons. The molecule has 0 aliphatic carbocycles. The molecule has 2 aromatic rings. The first kappa shape index (κ1) is 11.6. The highest BCUT2D eigenvalue weighted by Gasteiger charge is 2.14. The third-order valence-corrected chi connectivity index (χ3v) is 2.85. The summed E-state index contributed by atoms with van der Waals surface area (Å²) < 4.78 is 27.6. The molecule has 2 aromatic carbocycles. The Balaban J connectivity index is 2.70. The molecule has 2 rings (SSSR count). The van der Waals surface area contributed by atoms with E-state index in [0.717, 1.165) is 0 Å². The predicted octanol–water partition coefficient (Wildman–Crippen LogP) is 4.85. The topological polar surface area (TPSA) is 0 Å². The highest BCUT2D eigenvalue weighted by Crippen LogP contribution is 2.33. The van der Waals surface area contributed by atoms with Crippen molar-refractivity contribution < 1.29 is 8.78 Å². The molecule has 0 fully saturated rings. The summed E-state index contributed by atoms with van der Waals surface area (Å²) in [5.74, 6) is -1.32. The first-order valence-electron chi connectivity index (χ1n) is 4.40. The summed E-state index contributed by atoms with van der Waals surface area (Å²) in [5, 5.41) is 0.197. The largest absolute Gasteiger partial charge is 0.206 e. The van der Waals surface area contributed by atoms with Gasteiger partial charge in [0.15, 0.2) is 0 Å². The van der Waals surface area contributed by atoms with Crippen molar-refractivity contribution >= 4 is 27.5 Å². The van der Waals surface area contributed by atoms with Gasteiger partial charge in [0.05, 0.1) is 10.6 Å². The van der Waals surface area contributed by atoms with E-state index in [1.54, 1.807) is 18.2 Å². The number of benzene rings is 2. The molecular formula is C12H5BrClF2. The zero-order valence-electron chi connectivity index (χ0n) is 7.90. The predicted molar refractivity (Wildman–Crippen MR) is 63.3 cm³/mol. The summed E-state index contributed by atoms with van der Waals surface area (Å²) >= 11 is 8.86. The van der Waals surface area contributed by atoms with Crippen molar-refractivity contribution in [3.8, 4) is 11.1 Å². The fourth-order valence-corrected chi connectivity index (χ4v) is 2.03. The molecule has 0 aliphatic heterocycles. The van der Waals surface area contributed by atoms with Crippen LogP contribution in [0.25, 0.3) is 11.1 Å². The SMILES string of the molecule is Fc1cc(Br)cc(F)c1-c1ccc[c]c1Cl. The summed E-state index contributed by atoms with van der Waals surface area (Å²) in [6, 6.07) is 9.84. The molecule has 0 bridgehead atoms. The van der Waals surface area contributed by atoms with Crippen LogP contribution in [0.1, 0.15) is 0 Å². The molecular weight excluding hydrogens is 297 g/mol. The Morgan fingerprint density at radius 2 is 1.81 bits per heavy atom. The number of hydrogen-bond donors (Lipinski definition) is 0. The lowest BCUT2D eigenvalue weighted by Crippen LogP contribution is -1.91. The molecule has 0 unspecified atom stereocenters. The van der Waals surface area contributed by atoms with Crippen LogP contribution in [0.3, 0.4) is 0 Å². The van der Waals surface area contributed by atoms with Crippen molar-refractivity contribution in [3.05, 3.63) is 57.5 Å². The second kappa shape index (κ2) is 4.52. The Hall–Kier alpha value is -0.930. The summed E-state index contributed by atoms with van der Waals surface area (Å²) in [7, 11) is 0. The average Bonchev–Trinajstić information content (AvgIpc) is 2.19. The zero-order chi connectivity index (χ0) is 11.7. The quantitative estimate of drug-likeness (QED) is 0.706. The van der Waals surface area contributed by atoms with Gasteiger partial charge in [-0.05, 0) is 12.1 Å². The Labute approximate surface area is 105 Å². The number of halogens is 4. The van der Waals surface area contributed by atoms with Gasteiger partial charge in [0.1, 0.15) is 11.6 Å². The van der Waals surface area contributed by atoms with E-state index in [1.165, 1.54) is 12.1 Å². The molecule has 0 spiro atoms. The average molecular weight is 303 g/mol. The fraction of sp³-hybridized carbons (Fsp3) is 0. The van der Waals surface area contributed by atoms with Gasteiger partial charge in [-0.15, -0.1) is 0 Å². The third-order valence-electron chi connectivity index (χ3n) is 2.08. The molecule has 81 valence electrons. The maximum absolute atomic E-state index is 13.6. The van der Waals surface area contributed by atoms with E-state index < -0.39 is 11.6 Å². The minimum atomic E-state index is -0.659. The minimum absolute atomic E-state index is 0.134. The van der Waals surface area contributed by atoms with E-state index in [0.29, 0.717) is 10.0 Å². The van der Waals surface area contributed by atoms with Gasteiger partial charge >= 0.3 is 0 Å². The van der Waals surface area contributed by atoms with Gasteiger partial charge in [0.25, 0.3) is 0 Å². The van der Waals surface area contributed by atoms with E-state index in [4.69, 9.17) is 11.6 Å². The molecule has 4 heteroatoms. The van der Waals surface area contributed by atoms with Crippen molar-refractivity contribution in [2.45, 2.75) is 0 Å². The van der Waals surface area contributed by atoms with Crippen LogP contribution < -0.4 is 0 Å². The molecule has 0 nitrogen and oxygen atoms in total. The van der Waals surface area contributed by atoms with E-state index >= 15 is 0 Å². The molecule has 0 aromatic heterocycles. The molecule has 0 N–H and O–H groups in total. The third kappa shape index (κ3) is 2.11. The maximum atomic E-state index is 13.6. The number of hydrogen-bond acceptors (Lipinski definition) is 0. The van der Waals surface area contributed by atoms with E-state index in [1.807, 2.05) is 0 Å². The van der Waals surface area contributed by atoms with Crippen molar-refractivity contribution in [2.75, 3.05) is 0 Å². The smallest absolute Gasteiger partial charge is 0.135 e. The molecule has 16 heavy (non-hydrogen) atoms. The summed E-state index contributed by atoms with van der Waals surface area (Å²) in [4.78, 5) is 0. The highest BCUT2D eigenvalue weighted by molar-refractivity contribution is 9.10. The zero-order valence-corrected chi connectivity index (χ0v) is 10.2. The number of rotatable bonds is 1. The summed E-state index contributed by atoms with van der Waals surface area (Å²) in [6.07, 6.45) is 0. The van der Waals surface area contributed by atoms with Gasteiger partial charge in [0.2, 0.25) is 0 Å². The van der Waals surface area contributed by atoms with Crippen molar-refractivity contribution in [2.24, 2.45) is 0 Å². The van der Waals surface area contributed by atoms with Crippen molar-refractivity contribution in [1.29, 1.82) is 0 Å². The monoisotopic (exact) mass is 301 g/mol. The molecule has 0 saturated carbocycles. The lowest BCUT2D eigenvalue weighted by molar-refractivity contribution is 0.588. The lowest BCUT2D eigenvalue weighted by Gasteiger charge is -2.07. The lowest BCUT2D eigenvalue weighted by atomic mass is 10.0. The Bertz CT molecular complexity index is 517. The van der Waals surface area contributed by atoms with E-state index in [2.05, 4.69) is 22.0 Å². The fourth-order valence-electron chi connectivity index (χ4n) is 1.41. The van der Waals surface area contributed by atoms with Gasteiger partial charge < -0.3 is 0 Å². The molecule has 0 saturated heterocycles. The van der Waals surface area contributed by atoms with Crippen LogP contribution in [-0.4, -0.2) is 0 Å². The van der Waals surface area contributed by atoms with Crippen LogP contribution in [0.5, 0.6) is 0 Å². The molecule has 0 atom stereocenters. The van der Waals surface area contributed by atoms with E-state index in [9.17, 15) is 8.78 Å². The van der Waals surface area contributed by atoms with Crippen LogP contribution in [0.4, 0.5) is 8.78 Å². The van der Waals surface area contributed by atoms with Gasteiger partial charge in [-0.25, -0.2) is 8.78 Å². The summed E-state index contributed by atoms with van der Waals surface area (Å²) in [5.41, 5.74) is 0.164. The van der Waals surface area contributed by atoms with E-state index in [-0.39, 0.29) is 10.6 Å². The second-order valence-corrected chi connectivity index (χ2v) is 4.44. The van der Waals surface area contributed by atoms with Crippen molar-refractivity contribution in [3.63, 3.8) is 0 Å². The van der Waals surface area contributed by atoms with Gasteiger partial charge in [-0.2, -0.15) is 0 Å². The van der Waals surface area contributed by atoms with Gasteiger partial charge in [0, 0.05) is 16.1 Å². The van der Waals surface area contributed by atoms with Crippen LogP contribution in [0, 0.1) is 17.7 Å². The maximum Gasteiger partial charge on any atom is 0.135 e. The Morgan fingerprint density at radius 3 is 2.38 bits per heavy atom. The summed E-state index contributed by atoms with van der Waals surface area (Å²) in [6.45, 7) is 0. The minimum Gasteiger partial charge on any atom is -0.206 e. The van der Waals surface area contributed by atoms with Crippen LogP contribution >= 0.6 is 27.5 Å². The van der Waals surface area contributed by atoms with Crippen LogP contribution in [0.15, 0.2) is 34.8 Å². The van der Waals surface area contributed by atoms with Crippen LogP contribution in [-0.2, 0) is 0 Å². The first-order chi connectivity index (χ1) is 7.59. The Kier molecular flexibility index (Phi) is 3.26. The standard InChI is InChI=1S/C12H5BrClF2/c13-7-5-10(15)12(11(16)6-7)8-3-1-2-4-9(8)14/h1-3,5-6H. The van der Waals surface area contributed by atoms with Crippen molar-refractivity contribution in [1.82, 2.24) is 0 Å².